The molecule has 6 amide bonds. The summed E-state index contributed by atoms with van der Waals surface area (Å²) in [5.41, 5.74) is 20.4. The molecule has 3 aromatic carbocycles. The lowest BCUT2D eigenvalue weighted by molar-refractivity contribution is -0.706. The Hall–Kier alpha value is -5.79. The average molecular weight is 956 g/mol. The molecule has 0 aromatic heterocycles. The number of nitrogens with two attached hydrogens (primary N) is 3. The fourth-order valence-electron chi connectivity index (χ4n) is 8.74. The van der Waals surface area contributed by atoms with E-state index in [-0.39, 0.29) is 72.9 Å². The number of nitrogens with zero attached hydrogens (tertiary/aromatic N) is 2. The van der Waals surface area contributed by atoms with Gasteiger partial charge in [0.15, 0.2) is 11.6 Å². The standard InChI is InChI=1S/C50H66N8O9S/c1-29(2)25-39(56-41(59)27-55-45(62)37(53)28-68-7)46(63)57-23-11-17-40(57)49(66)58(47(64)30(3)51,48(65)36(52)26-31-18-20-32(21-19-31)67-50(4,5)6)24-12-22-54-38-16-10-15-35-42(38)44(61)34-14-9-8-13-33(34)43(35)60/h8-10,13-16,18-21,29-30,36-37,39-40H,11-12,17,22-28,51-53H2,1-7H3,(H2-,54,55,56,59,61,62)/p+1/t30-,36-,37-,39-,40-,58?/m0/s1. The van der Waals surface area contributed by atoms with Crippen molar-refractivity contribution in [2.24, 2.45) is 23.1 Å². The molecule has 1 saturated heterocycles. The molecule has 5 rings (SSSR count). The third kappa shape index (κ3) is 12.5. The van der Waals surface area contributed by atoms with Crippen molar-refractivity contribution in [3.63, 3.8) is 0 Å². The number of carbonyl (C=O) groups is 8. The van der Waals surface area contributed by atoms with E-state index in [1.807, 2.05) is 34.6 Å². The fourth-order valence-corrected chi connectivity index (χ4v) is 9.25. The van der Waals surface area contributed by atoms with Crippen LogP contribution in [0, 0.1) is 5.92 Å². The van der Waals surface area contributed by atoms with Crippen LogP contribution in [0.2, 0.25) is 0 Å². The summed E-state index contributed by atoms with van der Waals surface area (Å²) in [5, 5.41) is 8.43. The molecule has 0 spiro atoms. The molecular weight excluding hydrogens is 889 g/mol. The molecule has 1 heterocycles. The number of amides is 6. The minimum atomic E-state index is -1.42. The van der Waals surface area contributed by atoms with E-state index in [9.17, 15) is 28.8 Å². The number of ether oxygens (including phenoxy) is 1. The highest BCUT2D eigenvalue weighted by molar-refractivity contribution is 7.98. The fraction of sp³-hybridized carbons (Fsp3) is 0.480. The normalized spacial score (nSPS) is 17.2. The number of benzene rings is 3. The van der Waals surface area contributed by atoms with E-state index in [0.29, 0.717) is 34.7 Å². The molecule has 1 aliphatic heterocycles. The lowest BCUT2D eigenvalue weighted by Gasteiger charge is -2.38. The van der Waals surface area contributed by atoms with Crippen LogP contribution in [0.25, 0.3) is 0 Å². The van der Waals surface area contributed by atoms with E-state index >= 15 is 9.59 Å². The van der Waals surface area contributed by atoms with Crippen LogP contribution in [0.3, 0.4) is 0 Å². The third-order valence-corrected chi connectivity index (χ3v) is 12.5. The summed E-state index contributed by atoms with van der Waals surface area (Å²) >= 11 is 1.38. The first-order valence-electron chi connectivity index (χ1n) is 23.1. The van der Waals surface area contributed by atoms with E-state index in [0.717, 1.165) is 0 Å². The summed E-state index contributed by atoms with van der Waals surface area (Å²) in [6, 6.07) is 12.5. The summed E-state index contributed by atoms with van der Waals surface area (Å²) in [6.07, 6.45) is 2.35. The smallest absolute Gasteiger partial charge is 0.351 e. The second kappa shape index (κ2) is 23.0. The molecule has 9 N–H and O–H groups in total. The van der Waals surface area contributed by atoms with Crippen molar-refractivity contribution in [1.29, 1.82) is 0 Å². The number of imide groups is 3. The second-order valence-electron chi connectivity index (χ2n) is 18.9. The second-order valence-corrected chi connectivity index (χ2v) is 19.8. The van der Waals surface area contributed by atoms with E-state index in [4.69, 9.17) is 21.9 Å². The first-order chi connectivity index (χ1) is 32.1. The van der Waals surface area contributed by atoms with E-state index in [1.165, 1.54) is 23.6 Å². The minimum absolute atomic E-state index is 0.0110. The number of carbonyl (C=O) groups excluding carboxylic acids is 8. The number of hydrogen-bond acceptors (Lipinski definition) is 14. The number of anilines is 1. The van der Waals surface area contributed by atoms with Gasteiger partial charge in [-0.2, -0.15) is 11.8 Å². The van der Waals surface area contributed by atoms with Crippen molar-refractivity contribution in [2.45, 2.75) is 109 Å². The molecule has 1 aliphatic carbocycles. The summed E-state index contributed by atoms with van der Waals surface area (Å²) < 4.78 is 4.54. The topological polar surface area (TPSA) is 263 Å². The van der Waals surface area contributed by atoms with Gasteiger partial charge in [0.05, 0.1) is 18.2 Å². The highest BCUT2D eigenvalue weighted by Gasteiger charge is 2.58. The van der Waals surface area contributed by atoms with Crippen molar-refractivity contribution < 1.29 is 47.6 Å². The maximum absolute atomic E-state index is 15.5. The molecule has 17 nitrogen and oxygen atoms in total. The summed E-state index contributed by atoms with van der Waals surface area (Å²) in [6.45, 7) is 10.1. The molecule has 68 heavy (non-hydrogen) atoms. The van der Waals surface area contributed by atoms with Crippen molar-refractivity contribution >= 4 is 64.5 Å². The molecule has 366 valence electrons. The van der Waals surface area contributed by atoms with Crippen LogP contribution in [0.15, 0.2) is 66.7 Å². The molecule has 18 heteroatoms. The summed E-state index contributed by atoms with van der Waals surface area (Å²) in [4.78, 5) is 114. The van der Waals surface area contributed by atoms with Gasteiger partial charge < -0.3 is 42.8 Å². The van der Waals surface area contributed by atoms with Gasteiger partial charge in [-0.1, -0.05) is 62.4 Å². The monoisotopic (exact) mass is 955 g/mol. The molecule has 0 saturated carbocycles. The maximum Gasteiger partial charge on any atom is 0.351 e. The van der Waals surface area contributed by atoms with Gasteiger partial charge in [0, 0.05) is 54.1 Å². The highest BCUT2D eigenvalue weighted by Crippen LogP contribution is 2.33. The number of quaternary nitrogens is 1. The average Bonchev–Trinajstić information content (AvgIpc) is 3.79. The Morgan fingerprint density at radius 3 is 2.12 bits per heavy atom. The van der Waals surface area contributed by atoms with Gasteiger partial charge in [0.25, 0.3) is 0 Å². The van der Waals surface area contributed by atoms with Crippen LogP contribution in [0.4, 0.5) is 5.69 Å². The summed E-state index contributed by atoms with van der Waals surface area (Å²) in [7, 11) is 0. The Bertz CT molecular complexity index is 2380. The molecule has 0 bridgehead atoms. The first kappa shape index (κ1) is 53.2. The van der Waals surface area contributed by atoms with Gasteiger partial charge in [0.1, 0.15) is 42.1 Å². The van der Waals surface area contributed by atoms with Gasteiger partial charge in [-0.25, -0.2) is 14.4 Å². The molecule has 1 fully saturated rings. The van der Waals surface area contributed by atoms with E-state index in [2.05, 4.69) is 16.0 Å². The lowest BCUT2D eigenvalue weighted by Crippen LogP contribution is -2.72. The molecule has 6 atom stereocenters. The number of nitrogens with one attached hydrogen (secondary N) is 3. The van der Waals surface area contributed by atoms with Gasteiger partial charge in [-0.05, 0) is 82.9 Å². The van der Waals surface area contributed by atoms with Crippen LogP contribution in [-0.4, -0.2) is 130 Å². The van der Waals surface area contributed by atoms with Crippen LogP contribution in [-0.2, 0) is 35.2 Å². The SMILES string of the molecule is CSC[C@H](N)C(=O)NCC(=O)N[C@@H](CC(C)C)C(=O)N1CCC[C@H]1C(=O)[N+](CCCNc1cccc2c1C(=O)c1ccccc1C2=O)(C(=O)[C@H](C)N)C(=O)[C@@H](N)Cc1ccc(OC(C)(C)C)cc1. The Morgan fingerprint density at radius 2 is 1.50 bits per heavy atom. The van der Waals surface area contributed by atoms with Crippen LogP contribution >= 0.6 is 11.8 Å². The molecule has 3 aromatic rings. The minimum Gasteiger partial charge on any atom is -0.488 e. The van der Waals surface area contributed by atoms with Gasteiger partial charge in [-0.3, -0.25) is 24.0 Å². The van der Waals surface area contributed by atoms with E-state index < -0.39 is 88.8 Å². The molecule has 2 aliphatic rings. The van der Waals surface area contributed by atoms with Crippen molar-refractivity contribution in [1.82, 2.24) is 15.5 Å². The number of hydrogen-bond donors (Lipinski definition) is 6. The highest BCUT2D eigenvalue weighted by atomic mass is 32.2. The number of fused-ring (bicyclic) bond motifs is 2. The van der Waals surface area contributed by atoms with Gasteiger partial charge in [-0.15, -0.1) is 4.48 Å². The van der Waals surface area contributed by atoms with E-state index in [1.54, 1.807) is 73.0 Å². The Balaban J connectivity index is 1.47. The quantitative estimate of drug-likeness (QED) is 0.0550. The Labute approximate surface area is 402 Å². The summed E-state index contributed by atoms with van der Waals surface area (Å²) in [5.74, 6) is -4.29. The maximum atomic E-state index is 15.5. The zero-order valence-electron chi connectivity index (χ0n) is 40.1. The Morgan fingerprint density at radius 1 is 0.853 bits per heavy atom. The first-order valence-corrected chi connectivity index (χ1v) is 24.5. The predicted octanol–water partition coefficient (Wildman–Crippen LogP) is 3.08. The van der Waals surface area contributed by atoms with Crippen molar-refractivity contribution in [2.75, 3.05) is 43.5 Å². The largest absolute Gasteiger partial charge is 0.488 e. The van der Waals surface area contributed by atoms with Gasteiger partial charge in [0.2, 0.25) is 17.7 Å². The van der Waals surface area contributed by atoms with Crippen LogP contribution in [0.5, 0.6) is 5.75 Å². The third-order valence-electron chi connectivity index (χ3n) is 11.8. The zero-order valence-corrected chi connectivity index (χ0v) is 40.9. The molecule has 1 unspecified atom stereocenters. The number of thioether (sulfide) groups is 1. The van der Waals surface area contributed by atoms with Crippen molar-refractivity contribution in [3.8, 4) is 5.75 Å². The molecule has 0 radical (unpaired) electrons. The predicted molar refractivity (Wildman–Crippen MR) is 261 cm³/mol. The lowest BCUT2D eigenvalue weighted by atomic mass is 9.83. The zero-order chi connectivity index (χ0) is 50.1. The van der Waals surface area contributed by atoms with Gasteiger partial charge >= 0.3 is 17.7 Å². The van der Waals surface area contributed by atoms with Crippen LogP contribution in [0.1, 0.15) is 105 Å². The number of likely N-dealkylation sites (tertiary alicyclic amines) is 1. The molecular formula is C50H67N8O9S+. The number of ketones is 2. The number of rotatable bonds is 20. The Kier molecular flexibility index (Phi) is 18.0. The van der Waals surface area contributed by atoms with Crippen molar-refractivity contribution in [3.05, 3.63) is 94.5 Å². The van der Waals surface area contributed by atoms with Crippen LogP contribution < -0.4 is 37.9 Å².